The van der Waals surface area contributed by atoms with Crippen LogP contribution in [-0.4, -0.2) is 31.3 Å². The van der Waals surface area contributed by atoms with E-state index < -0.39 is 0 Å². The molecule has 1 saturated carbocycles. The van der Waals surface area contributed by atoms with Crippen LogP contribution in [0, 0.1) is 5.92 Å². The Morgan fingerprint density at radius 1 is 1.35 bits per heavy atom. The molecular formula is C16H19N5O2. The standard InChI is InChI=1S/C16H19N5O2/c1-2-22-14(11-5-3-4-6-11)15-18-16(23-20-15)12-7-8-13-19-17-10-21(13)9-12/h7-11,14H,2-6H2,1H3. The lowest BCUT2D eigenvalue weighted by atomic mass is 10.0. The van der Waals surface area contributed by atoms with Crippen LogP contribution in [0.3, 0.4) is 0 Å². The Bertz CT molecular complexity index is 790. The molecule has 0 spiro atoms. The van der Waals surface area contributed by atoms with E-state index in [0.29, 0.717) is 24.2 Å². The Labute approximate surface area is 133 Å². The number of hydrogen-bond acceptors (Lipinski definition) is 6. The number of pyridine rings is 1. The molecule has 0 saturated heterocycles. The molecule has 3 heterocycles. The maximum Gasteiger partial charge on any atom is 0.259 e. The molecule has 3 aromatic heterocycles. The molecule has 1 atom stereocenters. The predicted molar refractivity (Wildman–Crippen MR) is 82.6 cm³/mol. The smallest absolute Gasteiger partial charge is 0.259 e. The predicted octanol–water partition coefficient (Wildman–Crippen LogP) is 3.05. The highest BCUT2D eigenvalue weighted by molar-refractivity contribution is 5.55. The van der Waals surface area contributed by atoms with Crippen LogP contribution in [0.25, 0.3) is 17.1 Å². The summed E-state index contributed by atoms with van der Waals surface area (Å²) in [7, 11) is 0. The molecule has 1 aliphatic rings. The van der Waals surface area contributed by atoms with E-state index in [4.69, 9.17) is 9.26 Å². The fourth-order valence-electron chi connectivity index (χ4n) is 3.28. The molecule has 0 aromatic carbocycles. The second-order valence-corrected chi connectivity index (χ2v) is 5.89. The van der Waals surface area contributed by atoms with Crippen LogP contribution in [-0.2, 0) is 4.74 Å². The van der Waals surface area contributed by atoms with Crippen molar-refractivity contribution in [2.45, 2.75) is 38.7 Å². The average molecular weight is 313 g/mol. The summed E-state index contributed by atoms with van der Waals surface area (Å²) in [6, 6.07) is 3.79. The van der Waals surface area contributed by atoms with Gasteiger partial charge in [-0.1, -0.05) is 18.0 Å². The largest absolute Gasteiger partial charge is 0.370 e. The van der Waals surface area contributed by atoms with Gasteiger partial charge in [-0.05, 0) is 37.8 Å². The van der Waals surface area contributed by atoms with Crippen molar-refractivity contribution in [1.82, 2.24) is 24.7 Å². The lowest BCUT2D eigenvalue weighted by Crippen LogP contribution is -2.15. The van der Waals surface area contributed by atoms with Crippen LogP contribution >= 0.6 is 0 Å². The summed E-state index contributed by atoms with van der Waals surface area (Å²) in [6.45, 7) is 2.65. The first-order valence-electron chi connectivity index (χ1n) is 8.10. The molecule has 1 unspecified atom stereocenters. The number of hydrogen-bond donors (Lipinski definition) is 0. The summed E-state index contributed by atoms with van der Waals surface area (Å²) in [6.07, 6.45) is 8.31. The molecule has 23 heavy (non-hydrogen) atoms. The molecule has 1 aliphatic carbocycles. The first-order chi connectivity index (χ1) is 11.3. The third-order valence-corrected chi connectivity index (χ3v) is 4.41. The summed E-state index contributed by atoms with van der Waals surface area (Å²) in [5.41, 5.74) is 1.63. The van der Waals surface area contributed by atoms with Gasteiger partial charge in [-0.3, -0.25) is 4.40 Å². The number of nitrogens with zero attached hydrogens (tertiary/aromatic N) is 5. The molecule has 3 aromatic rings. The summed E-state index contributed by atoms with van der Waals surface area (Å²) < 4.78 is 13.2. The van der Waals surface area contributed by atoms with Gasteiger partial charge in [-0.25, -0.2) is 0 Å². The van der Waals surface area contributed by atoms with Gasteiger partial charge in [0.2, 0.25) is 5.82 Å². The van der Waals surface area contributed by atoms with Crippen LogP contribution in [0.2, 0.25) is 0 Å². The van der Waals surface area contributed by atoms with Crippen molar-refractivity contribution in [2.24, 2.45) is 5.92 Å². The lowest BCUT2D eigenvalue weighted by Gasteiger charge is -2.19. The number of fused-ring (bicyclic) bond motifs is 1. The van der Waals surface area contributed by atoms with Crippen molar-refractivity contribution in [1.29, 1.82) is 0 Å². The molecule has 0 N–H and O–H groups in total. The molecule has 4 rings (SSSR count). The van der Waals surface area contributed by atoms with E-state index in [0.717, 1.165) is 11.2 Å². The summed E-state index contributed by atoms with van der Waals surface area (Å²) in [4.78, 5) is 4.58. The highest BCUT2D eigenvalue weighted by atomic mass is 16.5. The third kappa shape index (κ3) is 2.72. The van der Waals surface area contributed by atoms with E-state index in [1.807, 2.05) is 29.7 Å². The number of aromatic nitrogens is 5. The van der Waals surface area contributed by atoms with Gasteiger partial charge >= 0.3 is 0 Å². The van der Waals surface area contributed by atoms with E-state index >= 15 is 0 Å². The average Bonchev–Trinajstić information content (AvgIpc) is 3.32. The van der Waals surface area contributed by atoms with Gasteiger partial charge in [-0.15, -0.1) is 10.2 Å². The van der Waals surface area contributed by atoms with E-state index in [9.17, 15) is 0 Å². The van der Waals surface area contributed by atoms with Crippen LogP contribution in [0.1, 0.15) is 44.5 Å². The second-order valence-electron chi connectivity index (χ2n) is 5.89. The molecular weight excluding hydrogens is 294 g/mol. The Morgan fingerprint density at radius 3 is 3.04 bits per heavy atom. The molecule has 0 amide bonds. The number of ether oxygens (including phenoxy) is 1. The highest BCUT2D eigenvalue weighted by Crippen LogP contribution is 2.37. The van der Waals surface area contributed by atoms with Crippen LogP contribution in [0.4, 0.5) is 0 Å². The minimum absolute atomic E-state index is 0.0707. The number of rotatable bonds is 5. The first kappa shape index (κ1) is 14.3. The summed E-state index contributed by atoms with van der Waals surface area (Å²) in [5.74, 6) is 1.64. The zero-order chi connectivity index (χ0) is 15.6. The minimum atomic E-state index is -0.0707. The third-order valence-electron chi connectivity index (χ3n) is 4.41. The Morgan fingerprint density at radius 2 is 2.22 bits per heavy atom. The molecule has 0 aliphatic heterocycles. The van der Waals surface area contributed by atoms with E-state index in [1.54, 1.807) is 6.33 Å². The van der Waals surface area contributed by atoms with E-state index in [-0.39, 0.29) is 6.10 Å². The highest BCUT2D eigenvalue weighted by Gasteiger charge is 2.30. The first-order valence-corrected chi connectivity index (χ1v) is 8.10. The molecule has 120 valence electrons. The van der Waals surface area contributed by atoms with Crippen LogP contribution in [0.5, 0.6) is 0 Å². The lowest BCUT2D eigenvalue weighted by molar-refractivity contribution is 0.0127. The van der Waals surface area contributed by atoms with Crippen LogP contribution < -0.4 is 0 Å². The molecule has 1 fully saturated rings. The molecule has 0 bridgehead atoms. The van der Waals surface area contributed by atoms with Gasteiger partial charge < -0.3 is 9.26 Å². The summed E-state index contributed by atoms with van der Waals surface area (Å²) >= 11 is 0. The van der Waals surface area contributed by atoms with Gasteiger partial charge in [0.05, 0.1) is 5.56 Å². The topological polar surface area (TPSA) is 78.3 Å². The minimum Gasteiger partial charge on any atom is -0.370 e. The normalized spacial score (nSPS) is 17.1. The van der Waals surface area contributed by atoms with Gasteiger partial charge in [0.15, 0.2) is 5.65 Å². The Hall–Kier alpha value is -2.28. The van der Waals surface area contributed by atoms with Gasteiger partial charge in [0, 0.05) is 12.8 Å². The zero-order valence-corrected chi connectivity index (χ0v) is 13.1. The summed E-state index contributed by atoms with van der Waals surface area (Å²) in [5, 5.41) is 12.0. The Balaban J connectivity index is 1.63. The molecule has 0 radical (unpaired) electrons. The van der Waals surface area contributed by atoms with Crippen LogP contribution in [0.15, 0.2) is 29.2 Å². The van der Waals surface area contributed by atoms with E-state index in [2.05, 4.69) is 20.3 Å². The van der Waals surface area contributed by atoms with Crippen molar-refractivity contribution < 1.29 is 9.26 Å². The van der Waals surface area contributed by atoms with Crippen molar-refractivity contribution in [3.8, 4) is 11.5 Å². The SMILES string of the molecule is CCOC(c1noc(-c2ccc3nncn3c2)n1)C1CCCC1. The second kappa shape index (κ2) is 6.08. The van der Waals surface area contributed by atoms with E-state index in [1.165, 1.54) is 25.7 Å². The van der Waals surface area contributed by atoms with Crippen molar-refractivity contribution in [2.75, 3.05) is 6.61 Å². The molecule has 7 nitrogen and oxygen atoms in total. The van der Waals surface area contributed by atoms with Crippen molar-refractivity contribution >= 4 is 5.65 Å². The van der Waals surface area contributed by atoms with Gasteiger partial charge in [-0.2, -0.15) is 4.98 Å². The van der Waals surface area contributed by atoms with Crippen molar-refractivity contribution in [3.05, 3.63) is 30.5 Å². The zero-order valence-electron chi connectivity index (χ0n) is 13.1. The van der Waals surface area contributed by atoms with Gasteiger partial charge in [0.25, 0.3) is 5.89 Å². The Kier molecular flexibility index (Phi) is 3.78. The maximum atomic E-state index is 5.91. The molecule has 7 heteroatoms. The quantitative estimate of drug-likeness (QED) is 0.720. The fraction of sp³-hybridized carbons (Fsp3) is 0.500. The fourth-order valence-corrected chi connectivity index (χ4v) is 3.28. The monoisotopic (exact) mass is 313 g/mol. The maximum absolute atomic E-state index is 5.91. The van der Waals surface area contributed by atoms with Gasteiger partial charge in [0.1, 0.15) is 12.4 Å². The van der Waals surface area contributed by atoms with Crippen molar-refractivity contribution in [3.63, 3.8) is 0 Å².